The predicted molar refractivity (Wildman–Crippen MR) is 77.1 cm³/mol. The van der Waals surface area contributed by atoms with Gasteiger partial charge in [0.05, 0.1) is 4.92 Å². The molecule has 0 atom stereocenters. The van der Waals surface area contributed by atoms with Gasteiger partial charge in [-0.15, -0.1) is 0 Å². The summed E-state index contributed by atoms with van der Waals surface area (Å²) < 4.78 is 28.7. The number of benzene rings is 2. The van der Waals surface area contributed by atoms with Crippen LogP contribution in [-0.4, -0.2) is 19.6 Å². The van der Waals surface area contributed by atoms with Crippen molar-refractivity contribution in [2.45, 2.75) is 4.90 Å². The fourth-order valence-electron chi connectivity index (χ4n) is 1.73. The van der Waals surface area contributed by atoms with Crippen LogP contribution >= 0.6 is 0 Å². The zero-order valence-corrected chi connectivity index (χ0v) is 11.8. The van der Waals surface area contributed by atoms with Gasteiger partial charge in [0.2, 0.25) is 5.75 Å². The lowest BCUT2D eigenvalue weighted by molar-refractivity contribution is -0.388. The Balaban J connectivity index is 2.54. The minimum absolute atomic E-state index is 0.146. The maximum absolute atomic E-state index is 11.6. The number of nitrogens with zero attached hydrogens (tertiary/aromatic N) is 1. The molecule has 7 nitrogen and oxygen atoms in total. The van der Waals surface area contributed by atoms with Crippen molar-refractivity contribution in [1.82, 2.24) is 0 Å². The second kappa shape index (κ2) is 5.41. The number of nitrogen functional groups attached to an aromatic ring is 1. The van der Waals surface area contributed by atoms with Gasteiger partial charge in [-0.3, -0.25) is 10.1 Å². The minimum Gasteiger partial charge on any atom is -0.450 e. The van der Waals surface area contributed by atoms with Crippen LogP contribution < -0.4 is 10.5 Å². The lowest BCUT2D eigenvalue weighted by Gasteiger charge is -2.08. The van der Waals surface area contributed by atoms with Gasteiger partial charge in [-0.1, -0.05) is 6.07 Å². The van der Waals surface area contributed by atoms with Crippen molar-refractivity contribution < 1.29 is 18.1 Å². The van der Waals surface area contributed by atoms with Gasteiger partial charge in [-0.25, -0.2) is 8.42 Å². The monoisotopic (exact) mass is 308 g/mol. The molecule has 0 saturated heterocycles. The molecule has 0 aromatic heterocycles. The number of sulfone groups is 1. The number of anilines is 1. The van der Waals surface area contributed by atoms with E-state index < -0.39 is 20.4 Å². The van der Waals surface area contributed by atoms with Crippen molar-refractivity contribution in [3.63, 3.8) is 0 Å². The molecule has 0 aliphatic heterocycles. The highest BCUT2D eigenvalue weighted by molar-refractivity contribution is 7.90. The van der Waals surface area contributed by atoms with Crippen LogP contribution in [-0.2, 0) is 9.84 Å². The summed E-state index contributed by atoms with van der Waals surface area (Å²) in [4.78, 5) is 10.0. The number of hydrogen-bond donors (Lipinski definition) is 1. The van der Waals surface area contributed by atoms with Crippen molar-refractivity contribution in [3.05, 3.63) is 52.6 Å². The van der Waals surface area contributed by atoms with Crippen LogP contribution in [0.2, 0.25) is 0 Å². The lowest BCUT2D eigenvalue weighted by Crippen LogP contribution is -2.04. The molecule has 110 valence electrons. The number of rotatable bonds is 4. The molecule has 0 bridgehead atoms. The average Bonchev–Trinajstić information content (AvgIpc) is 2.40. The van der Waals surface area contributed by atoms with Gasteiger partial charge >= 0.3 is 5.69 Å². The van der Waals surface area contributed by atoms with E-state index in [4.69, 9.17) is 10.5 Å². The van der Waals surface area contributed by atoms with E-state index in [9.17, 15) is 18.5 Å². The Morgan fingerprint density at radius 3 is 2.29 bits per heavy atom. The van der Waals surface area contributed by atoms with Crippen molar-refractivity contribution in [1.29, 1.82) is 0 Å². The zero-order chi connectivity index (χ0) is 15.6. The van der Waals surface area contributed by atoms with Crippen molar-refractivity contribution >= 4 is 21.2 Å². The first kappa shape index (κ1) is 14.8. The van der Waals surface area contributed by atoms with Gasteiger partial charge in [-0.2, -0.15) is 0 Å². The number of para-hydroxylation sites is 1. The van der Waals surface area contributed by atoms with Crippen LogP contribution in [0.15, 0.2) is 47.4 Å². The summed E-state index contributed by atoms with van der Waals surface area (Å²) in [6.07, 6.45) is 0.905. The molecule has 0 radical (unpaired) electrons. The molecule has 0 heterocycles. The van der Waals surface area contributed by atoms with Crippen LogP contribution in [0, 0.1) is 10.1 Å². The Labute approximate surface area is 121 Å². The Morgan fingerprint density at radius 2 is 1.76 bits per heavy atom. The van der Waals surface area contributed by atoms with E-state index in [1.54, 1.807) is 12.1 Å². The fourth-order valence-corrected chi connectivity index (χ4v) is 2.58. The highest BCUT2D eigenvalue weighted by Gasteiger charge is 2.27. The highest BCUT2D eigenvalue weighted by atomic mass is 32.2. The number of nitro benzene ring substituents is 1. The van der Waals surface area contributed by atoms with Gasteiger partial charge in [0.1, 0.15) is 10.6 Å². The molecule has 0 unspecified atom stereocenters. The molecule has 0 saturated carbocycles. The number of nitro groups is 1. The lowest BCUT2D eigenvalue weighted by atomic mass is 10.3. The molecule has 0 fully saturated rings. The van der Waals surface area contributed by atoms with E-state index in [0.29, 0.717) is 11.4 Å². The Bertz CT molecular complexity index is 785. The second-order valence-electron chi connectivity index (χ2n) is 4.30. The van der Waals surface area contributed by atoms with Gasteiger partial charge in [0, 0.05) is 11.9 Å². The standard InChI is InChI=1S/C13H12N2O5S/c1-21(18,19)12-4-2-3-11(13(12)15(16)17)20-10-7-5-9(14)6-8-10/h2-8H,14H2,1H3. The third-order valence-corrected chi connectivity index (χ3v) is 3.78. The molecule has 21 heavy (non-hydrogen) atoms. The Morgan fingerprint density at radius 1 is 1.14 bits per heavy atom. The molecular weight excluding hydrogens is 296 g/mol. The van der Waals surface area contributed by atoms with Crippen molar-refractivity contribution in [3.8, 4) is 11.5 Å². The average molecular weight is 308 g/mol. The quantitative estimate of drug-likeness (QED) is 0.527. The highest BCUT2D eigenvalue weighted by Crippen LogP contribution is 2.36. The molecule has 2 N–H and O–H groups in total. The second-order valence-corrected chi connectivity index (χ2v) is 6.29. The molecule has 0 aliphatic rings. The smallest absolute Gasteiger partial charge is 0.330 e. The predicted octanol–water partition coefficient (Wildman–Crippen LogP) is 2.37. The summed E-state index contributed by atoms with van der Waals surface area (Å²) in [5, 5.41) is 11.2. The Hall–Kier alpha value is -2.61. The van der Waals surface area contributed by atoms with E-state index in [-0.39, 0.29) is 10.6 Å². The van der Waals surface area contributed by atoms with E-state index in [1.165, 1.54) is 30.3 Å². The summed E-state index contributed by atoms with van der Waals surface area (Å²) in [6, 6.07) is 10.1. The Kier molecular flexibility index (Phi) is 3.81. The summed E-state index contributed by atoms with van der Waals surface area (Å²) in [7, 11) is -3.74. The summed E-state index contributed by atoms with van der Waals surface area (Å²) in [6.45, 7) is 0. The molecule has 2 aromatic carbocycles. The molecule has 2 aromatic rings. The summed E-state index contributed by atoms with van der Waals surface area (Å²) in [5.41, 5.74) is 5.47. The van der Waals surface area contributed by atoms with Crippen LogP contribution in [0.4, 0.5) is 11.4 Å². The first-order valence-electron chi connectivity index (χ1n) is 5.80. The van der Waals surface area contributed by atoms with Gasteiger partial charge < -0.3 is 10.5 Å². The van der Waals surface area contributed by atoms with Crippen molar-refractivity contribution in [2.24, 2.45) is 0 Å². The molecular formula is C13H12N2O5S. The van der Waals surface area contributed by atoms with Gasteiger partial charge in [0.15, 0.2) is 9.84 Å². The maximum Gasteiger partial charge on any atom is 0.330 e. The largest absolute Gasteiger partial charge is 0.450 e. The van der Waals surface area contributed by atoms with E-state index >= 15 is 0 Å². The number of hydrogen-bond acceptors (Lipinski definition) is 6. The van der Waals surface area contributed by atoms with E-state index in [2.05, 4.69) is 0 Å². The summed E-state index contributed by atoms with van der Waals surface area (Å²) in [5.74, 6) is 0.172. The minimum atomic E-state index is -3.74. The van der Waals surface area contributed by atoms with E-state index in [1.807, 2.05) is 0 Å². The van der Waals surface area contributed by atoms with Crippen LogP contribution in [0.1, 0.15) is 0 Å². The molecule has 0 spiro atoms. The first-order valence-corrected chi connectivity index (χ1v) is 7.69. The summed E-state index contributed by atoms with van der Waals surface area (Å²) >= 11 is 0. The molecule has 2 rings (SSSR count). The number of ether oxygens (including phenoxy) is 1. The van der Waals surface area contributed by atoms with Gasteiger partial charge in [-0.05, 0) is 36.4 Å². The zero-order valence-electron chi connectivity index (χ0n) is 11.0. The van der Waals surface area contributed by atoms with E-state index in [0.717, 1.165) is 6.26 Å². The SMILES string of the molecule is CS(=O)(=O)c1cccc(Oc2ccc(N)cc2)c1[N+](=O)[O-]. The maximum atomic E-state index is 11.6. The number of nitrogens with two attached hydrogens (primary N) is 1. The van der Waals surface area contributed by atoms with Gasteiger partial charge in [0.25, 0.3) is 0 Å². The normalized spacial score (nSPS) is 11.1. The third kappa shape index (κ3) is 3.29. The third-order valence-electron chi connectivity index (χ3n) is 2.65. The van der Waals surface area contributed by atoms with Crippen molar-refractivity contribution in [2.75, 3.05) is 12.0 Å². The van der Waals surface area contributed by atoms with Crippen LogP contribution in [0.25, 0.3) is 0 Å². The molecule has 8 heteroatoms. The topological polar surface area (TPSA) is 113 Å². The fraction of sp³-hybridized carbons (Fsp3) is 0.0769. The van der Waals surface area contributed by atoms with Crippen LogP contribution in [0.3, 0.4) is 0 Å². The molecule has 0 amide bonds. The van der Waals surface area contributed by atoms with Crippen LogP contribution in [0.5, 0.6) is 11.5 Å². The molecule has 0 aliphatic carbocycles. The first-order chi connectivity index (χ1) is 9.79.